The van der Waals surface area contributed by atoms with Crippen LogP contribution >= 0.6 is 0 Å². The van der Waals surface area contributed by atoms with E-state index in [1.165, 1.54) is 0 Å². The summed E-state index contributed by atoms with van der Waals surface area (Å²) in [4.78, 5) is 0. The predicted octanol–water partition coefficient (Wildman–Crippen LogP) is -0.800. The van der Waals surface area contributed by atoms with Gasteiger partial charge in [0.05, 0.1) is 12.4 Å². The highest BCUT2D eigenvalue weighted by molar-refractivity contribution is 7.79. The Labute approximate surface area is 38.3 Å². The van der Waals surface area contributed by atoms with Gasteiger partial charge in [-0.2, -0.15) is 0 Å². The van der Waals surface area contributed by atoms with Crippen LogP contribution in [-0.4, -0.2) is 26.2 Å². The topological polar surface area (TPSA) is 57.5 Å². The average Bonchev–Trinajstić information content (AvgIpc) is 1.35. The zero-order valence-electron chi connectivity index (χ0n) is 3.13. The van der Waals surface area contributed by atoms with Crippen molar-refractivity contribution in [3.8, 4) is 0 Å². The third kappa shape index (κ3) is 4.07. The van der Waals surface area contributed by atoms with Crippen molar-refractivity contribution in [2.45, 2.75) is 0 Å². The van der Waals surface area contributed by atoms with Crippen LogP contribution in [0.15, 0.2) is 0 Å². The number of hydrogen-bond donors (Lipinski definition) is 2. The van der Waals surface area contributed by atoms with E-state index in [0.29, 0.717) is 0 Å². The van der Waals surface area contributed by atoms with Crippen LogP contribution in [0.4, 0.5) is 0 Å². The Morgan fingerprint density at radius 3 is 2.17 bits per heavy atom. The van der Waals surface area contributed by atoms with E-state index in [1.807, 2.05) is 0 Å². The quantitative estimate of drug-likeness (QED) is 0.457. The molecule has 38 valence electrons. The molecule has 0 aliphatic heterocycles. The highest BCUT2D eigenvalue weighted by Gasteiger charge is 1.84. The molecule has 2 N–H and O–H groups in total. The molecule has 0 fully saturated rings. The zero-order chi connectivity index (χ0) is 4.99. The fourth-order valence-electron chi connectivity index (χ4n) is 0.0781. The molecule has 4 heteroatoms. The Bertz CT molecular complexity index is 52.8. The van der Waals surface area contributed by atoms with E-state index in [-0.39, 0.29) is 12.4 Å². The van der Waals surface area contributed by atoms with E-state index in [4.69, 9.17) is 9.66 Å². The molecule has 0 aliphatic rings. The Hall–Kier alpha value is 0.0700. The molecule has 1 atom stereocenters. The van der Waals surface area contributed by atoms with E-state index in [0.717, 1.165) is 0 Å². The second-order valence-electron chi connectivity index (χ2n) is 0.749. The maximum atomic E-state index is 9.55. The zero-order valence-corrected chi connectivity index (χ0v) is 3.94. The first kappa shape index (κ1) is 6.07. The van der Waals surface area contributed by atoms with Gasteiger partial charge in [0.15, 0.2) is 11.1 Å². The first-order chi connectivity index (χ1) is 2.77. The molecule has 0 amide bonds. The van der Waals surface area contributed by atoms with Gasteiger partial charge in [-0.1, -0.05) is 0 Å². The van der Waals surface area contributed by atoms with Crippen LogP contribution in [0.5, 0.6) is 0 Å². The standard InChI is InChI=1S/C2H6O3S/c3-1-2-6(4)5/h3H,1-2H2,(H,4,5). The highest BCUT2D eigenvalue weighted by Crippen LogP contribution is 1.66. The van der Waals surface area contributed by atoms with E-state index in [1.54, 1.807) is 0 Å². The lowest BCUT2D eigenvalue weighted by molar-refractivity contribution is 0.319. The predicted molar refractivity (Wildman–Crippen MR) is 22.7 cm³/mol. The van der Waals surface area contributed by atoms with Crippen LogP contribution in [0.3, 0.4) is 0 Å². The van der Waals surface area contributed by atoms with Crippen molar-refractivity contribution in [3.05, 3.63) is 0 Å². The second-order valence-corrected chi connectivity index (χ2v) is 1.80. The van der Waals surface area contributed by atoms with E-state index >= 15 is 0 Å². The maximum absolute atomic E-state index is 9.55. The summed E-state index contributed by atoms with van der Waals surface area (Å²) in [5.74, 6) is -0.0417. The normalized spacial score (nSPS) is 14.3. The van der Waals surface area contributed by atoms with Gasteiger partial charge in [0.25, 0.3) is 0 Å². The van der Waals surface area contributed by atoms with Gasteiger partial charge in [-0.15, -0.1) is 0 Å². The third-order valence-electron chi connectivity index (χ3n) is 0.266. The lowest BCUT2D eigenvalue weighted by atomic mass is 10.9. The van der Waals surface area contributed by atoms with Gasteiger partial charge in [-0.05, 0) is 0 Å². The minimum absolute atomic E-state index is 0.0417. The summed E-state index contributed by atoms with van der Waals surface area (Å²) >= 11 is -1.82. The molecule has 0 radical (unpaired) electrons. The summed E-state index contributed by atoms with van der Waals surface area (Å²) in [6.07, 6.45) is 0. The van der Waals surface area contributed by atoms with E-state index in [9.17, 15) is 4.21 Å². The van der Waals surface area contributed by atoms with Crippen molar-refractivity contribution in [3.63, 3.8) is 0 Å². The molecule has 0 aliphatic carbocycles. The Balaban J connectivity index is 2.83. The monoisotopic (exact) mass is 110 g/mol. The van der Waals surface area contributed by atoms with Gasteiger partial charge < -0.3 is 9.66 Å². The molecular formula is C2H6O3S. The largest absolute Gasteiger partial charge is 0.395 e. The minimum Gasteiger partial charge on any atom is -0.395 e. The van der Waals surface area contributed by atoms with Crippen molar-refractivity contribution < 1.29 is 13.9 Å². The van der Waals surface area contributed by atoms with Gasteiger partial charge in [-0.3, -0.25) is 0 Å². The summed E-state index contributed by atoms with van der Waals surface area (Å²) in [7, 11) is 0. The average molecular weight is 110 g/mol. The molecule has 1 unspecified atom stereocenters. The fraction of sp³-hybridized carbons (Fsp3) is 1.00. The molecule has 0 saturated carbocycles. The molecule has 0 saturated heterocycles. The molecule has 0 heterocycles. The summed E-state index contributed by atoms with van der Waals surface area (Å²) in [6, 6.07) is 0. The number of hydrogen-bond acceptors (Lipinski definition) is 2. The van der Waals surface area contributed by atoms with Crippen molar-refractivity contribution in [2.75, 3.05) is 12.4 Å². The molecule has 0 aromatic carbocycles. The van der Waals surface area contributed by atoms with E-state index in [2.05, 4.69) is 0 Å². The van der Waals surface area contributed by atoms with Crippen LogP contribution in [0.25, 0.3) is 0 Å². The molecule has 0 rings (SSSR count). The molecule has 0 bridgehead atoms. The Kier molecular flexibility index (Phi) is 3.31. The maximum Gasteiger partial charge on any atom is 0.155 e. The Morgan fingerprint density at radius 2 is 2.17 bits per heavy atom. The van der Waals surface area contributed by atoms with Gasteiger partial charge in [0, 0.05) is 0 Å². The van der Waals surface area contributed by atoms with E-state index < -0.39 is 11.1 Å². The fourth-order valence-corrected chi connectivity index (χ4v) is 0.234. The van der Waals surface area contributed by atoms with Crippen molar-refractivity contribution in [1.82, 2.24) is 0 Å². The molecule has 3 nitrogen and oxygen atoms in total. The van der Waals surface area contributed by atoms with Crippen LogP contribution < -0.4 is 0 Å². The van der Waals surface area contributed by atoms with Gasteiger partial charge in [-0.25, -0.2) is 4.21 Å². The first-order valence-corrected chi connectivity index (χ1v) is 2.73. The molecule has 0 spiro atoms. The number of aliphatic hydroxyl groups is 1. The molecule has 6 heavy (non-hydrogen) atoms. The molecule has 0 aromatic heterocycles. The lowest BCUT2D eigenvalue weighted by Gasteiger charge is -1.81. The Morgan fingerprint density at radius 1 is 1.67 bits per heavy atom. The second kappa shape index (κ2) is 3.27. The van der Waals surface area contributed by atoms with Crippen molar-refractivity contribution in [2.24, 2.45) is 0 Å². The minimum atomic E-state index is -1.82. The van der Waals surface area contributed by atoms with Gasteiger partial charge in [0.1, 0.15) is 0 Å². The van der Waals surface area contributed by atoms with Crippen LogP contribution in [0.1, 0.15) is 0 Å². The van der Waals surface area contributed by atoms with Gasteiger partial charge >= 0.3 is 0 Å². The summed E-state index contributed by atoms with van der Waals surface area (Å²) in [5.41, 5.74) is 0. The lowest BCUT2D eigenvalue weighted by Crippen LogP contribution is -1.98. The molecule has 0 aromatic rings. The summed E-state index contributed by atoms with van der Waals surface area (Å²) in [6.45, 7) is -0.219. The third-order valence-corrected chi connectivity index (χ3v) is 0.798. The molecular weight excluding hydrogens is 104 g/mol. The van der Waals surface area contributed by atoms with Gasteiger partial charge in [0.2, 0.25) is 0 Å². The smallest absolute Gasteiger partial charge is 0.155 e. The van der Waals surface area contributed by atoms with Crippen LogP contribution in [0.2, 0.25) is 0 Å². The number of aliphatic hydroxyl groups excluding tert-OH is 1. The highest BCUT2D eigenvalue weighted by atomic mass is 32.2. The number of rotatable bonds is 2. The van der Waals surface area contributed by atoms with Crippen molar-refractivity contribution in [1.29, 1.82) is 0 Å². The van der Waals surface area contributed by atoms with Crippen LogP contribution in [0, 0.1) is 0 Å². The summed E-state index contributed by atoms with van der Waals surface area (Å²) in [5, 5.41) is 7.88. The summed E-state index contributed by atoms with van der Waals surface area (Å²) < 4.78 is 17.4. The van der Waals surface area contributed by atoms with Crippen LogP contribution in [-0.2, 0) is 11.1 Å². The SMILES string of the molecule is O=S(O)CCO. The van der Waals surface area contributed by atoms with Crippen molar-refractivity contribution >= 4 is 11.1 Å². The first-order valence-electron chi connectivity index (χ1n) is 1.45.